The fraction of sp³-hybridized carbons (Fsp3) is 0.611. The van der Waals surface area contributed by atoms with E-state index in [2.05, 4.69) is 5.32 Å². The van der Waals surface area contributed by atoms with Gasteiger partial charge in [-0.2, -0.15) is 0 Å². The number of nitrogens with one attached hydrogen (secondary N) is 1. The first kappa shape index (κ1) is 17.0. The highest BCUT2D eigenvalue weighted by Crippen LogP contribution is 2.29. The molecule has 0 aromatic heterocycles. The molecule has 0 saturated carbocycles. The van der Waals surface area contributed by atoms with E-state index >= 15 is 0 Å². The maximum atomic E-state index is 12.4. The van der Waals surface area contributed by atoms with Gasteiger partial charge in [0.05, 0.1) is 20.3 Å². The molecular weight excluding hydrogens is 308 g/mol. The lowest BCUT2D eigenvalue weighted by atomic mass is 10.1. The van der Waals surface area contributed by atoms with Crippen LogP contribution >= 0.6 is 0 Å². The molecule has 2 aliphatic heterocycles. The van der Waals surface area contributed by atoms with Gasteiger partial charge in [0.2, 0.25) is 5.91 Å². The summed E-state index contributed by atoms with van der Waals surface area (Å²) in [7, 11) is 1.65. The summed E-state index contributed by atoms with van der Waals surface area (Å²) in [6, 6.07) is 7.83. The molecule has 1 aromatic rings. The van der Waals surface area contributed by atoms with Gasteiger partial charge in [0, 0.05) is 44.9 Å². The van der Waals surface area contributed by atoms with Gasteiger partial charge in [-0.05, 0) is 12.1 Å². The van der Waals surface area contributed by atoms with Gasteiger partial charge in [-0.3, -0.25) is 4.79 Å². The first-order valence-electron chi connectivity index (χ1n) is 8.65. The van der Waals surface area contributed by atoms with Crippen molar-refractivity contribution in [1.29, 1.82) is 0 Å². The second kappa shape index (κ2) is 8.35. The number of benzene rings is 1. The monoisotopic (exact) mass is 334 g/mol. The molecule has 1 atom stereocenters. The van der Waals surface area contributed by atoms with Crippen LogP contribution in [0.1, 0.15) is 19.3 Å². The number of para-hydroxylation sites is 2. The number of likely N-dealkylation sites (tertiary alicyclic amines) is 1. The Morgan fingerprint density at radius 3 is 2.71 bits per heavy atom. The average molecular weight is 334 g/mol. The Balaban J connectivity index is 1.46. The van der Waals surface area contributed by atoms with Crippen LogP contribution in [0.2, 0.25) is 0 Å². The third-order valence-electron chi connectivity index (χ3n) is 4.58. The van der Waals surface area contributed by atoms with Crippen molar-refractivity contribution in [1.82, 2.24) is 10.2 Å². The molecule has 132 valence electrons. The number of methoxy groups -OCH3 is 1. The second-order valence-electron chi connectivity index (χ2n) is 6.28. The molecule has 0 radical (unpaired) electrons. The molecule has 0 aliphatic carbocycles. The lowest BCUT2D eigenvalue weighted by Crippen LogP contribution is -2.47. The van der Waals surface area contributed by atoms with E-state index in [1.54, 1.807) is 7.11 Å². The molecule has 2 heterocycles. The molecule has 0 bridgehead atoms. The number of morpholine rings is 1. The van der Waals surface area contributed by atoms with Crippen molar-refractivity contribution >= 4 is 5.91 Å². The lowest BCUT2D eigenvalue weighted by molar-refractivity contribution is -0.134. The van der Waals surface area contributed by atoms with Crippen LogP contribution in [-0.4, -0.2) is 62.9 Å². The largest absolute Gasteiger partial charge is 0.493 e. The number of rotatable bonds is 5. The molecule has 1 amide bonds. The van der Waals surface area contributed by atoms with Crippen LogP contribution in [0.15, 0.2) is 24.3 Å². The predicted octanol–water partition coefficient (Wildman–Crippen LogP) is 1.44. The standard InChI is InChI=1S/C18H26N2O4/c1-22-16-4-2-3-5-17(16)24-15-6-9-20(10-7-15)18(21)12-14-13-23-11-8-19-14/h2-5,14-15,19H,6-13H2,1H3/t14-/m0/s1. The van der Waals surface area contributed by atoms with E-state index in [-0.39, 0.29) is 18.1 Å². The number of carbonyl (C=O) groups excluding carboxylic acids is 1. The van der Waals surface area contributed by atoms with Gasteiger partial charge in [0.15, 0.2) is 11.5 Å². The molecule has 3 rings (SSSR count). The summed E-state index contributed by atoms with van der Waals surface area (Å²) in [6.07, 6.45) is 2.33. The van der Waals surface area contributed by atoms with Crippen LogP contribution in [0, 0.1) is 0 Å². The Bertz CT molecular complexity index is 538. The first-order chi connectivity index (χ1) is 11.8. The summed E-state index contributed by atoms with van der Waals surface area (Å²) in [5.74, 6) is 1.72. The quantitative estimate of drug-likeness (QED) is 0.883. The smallest absolute Gasteiger partial charge is 0.224 e. The third kappa shape index (κ3) is 4.39. The zero-order valence-electron chi connectivity index (χ0n) is 14.2. The summed E-state index contributed by atoms with van der Waals surface area (Å²) in [5.41, 5.74) is 0. The molecule has 2 aliphatic rings. The fourth-order valence-electron chi connectivity index (χ4n) is 3.21. The predicted molar refractivity (Wildman–Crippen MR) is 90.5 cm³/mol. The fourth-order valence-corrected chi connectivity index (χ4v) is 3.21. The van der Waals surface area contributed by atoms with E-state index in [1.807, 2.05) is 29.2 Å². The zero-order valence-corrected chi connectivity index (χ0v) is 14.2. The summed E-state index contributed by atoms with van der Waals surface area (Å²) in [4.78, 5) is 14.3. The molecule has 2 fully saturated rings. The van der Waals surface area contributed by atoms with E-state index in [0.717, 1.165) is 50.6 Å². The van der Waals surface area contributed by atoms with E-state index in [1.165, 1.54) is 0 Å². The number of hydrogen-bond acceptors (Lipinski definition) is 5. The third-order valence-corrected chi connectivity index (χ3v) is 4.58. The number of nitrogens with zero attached hydrogens (tertiary/aromatic N) is 1. The molecule has 1 N–H and O–H groups in total. The molecule has 0 unspecified atom stereocenters. The van der Waals surface area contributed by atoms with Gasteiger partial charge < -0.3 is 24.4 Å². The number of hydrogen-bond donors (Lipinski definition) is 1. The van der Waals surface area contributed by atoms with Crippen molar-refractivity contribution in [2.24, 2.45) is 0 Å². The highest BCUT2D eigenvalue weighted by Gasteiger charge is 2.26. The maximum Gasteiger partial charge on any atom is 0.224 e. The van der Waals surface area contributed by atoms with Crippen molar-refractivity contribution in [3.63, 3.8) is 0 Å². The number of ether oxygens (including phenoxy) is 3. The van der Waals surface area contributed by atoms with E-state index in [4.69, 9.17) is 14.2 Å². The number of amides is 1. The summed E-state index contributed by atoms with van der Waals surface area (Å²) in [5, 5.41) is 3.33. The van der Waals surface area contributed by atoms with Crippen molar-refractivity contribution in [3.8, 4) is 11.5 Å². The van der Waals surface area contributed by atoms with Gasteiger partial charge in [0.1, 0.15) is 6.10 Å². The van der Waals surface area contributed by atoms with Gasteiger partial charge in [-0.25, -0.2) is 0 Å². The van der Waals surface area contributed by atoms with Gasteiger partial charge in [-0.15, -0.1) is 0 Å². The van der Waals surface area contributed by atoms with Crippen LogP contribution in [0.3, 0.4) is 0 Å². The first-order valence-corrected chi connectivity index (χ1v) is 8.65. The Morgan fingerprint density at radius 1 is 1.29 bits per heavy atom. The second-order valence-corrected chi connectivity index (χ2v) is 6.28. The van der Waals surface area contributed by atoms with Crippen LogP contribution < -0.4 is 14.8 Å². The topological polar surface area (TPSA) is 60.0 Å². The average Bonchev–Trinajstić information content (AvgIpc) is 2.63. The minimum Gasteiger partial charge on any atom is -0.493 e. The summed E-state index contributed by atoms with van der Waals surface area (Å²) in [6.45, 7) is 3.67. The van der Waals surface area contributed by atoms with Gasteiger partial charge in [-0.1, -0.05) is 12.1 Å². The molecule has 24 heavy (non-hydrogen) atoms. The number of carbonyl (C=O) groups is 1. The minimum atomic E-state index is 0.126. The van der Waals surface area contributed by atoms with Gasteiger partial charge in [0.25, 0.3) is 0 Å². The Hall–Kier alpha value is -1.79. The van der Waals surface area contributed by atoms with Crippen molar-refractivity contribution in [2.75, 3.05) is 40.0 Å². The van der Waals surface area contributed by atoms with Crippen LogP contribution in [0.25, 0.3) is 0 Å². The number of piperidine rings is 1. The highest BCUT2D eigenvalue weighted by atomic mass is 16.5. The molecule has 6 nitrogen and oxygen atoms in total. The highest BCUT2D eigenvalue weighted by molar-refractivity contribution is 5.77. The van der Waals surface area contributed by atoms with E-state index in [0.29, 0.717) is 13.0 Å². The maximum absolute atomic E-state index is 12.4. The van der Waals surface area contributed by atoms with E-state index < -0.39 is 0 Å². The lowest BCUT2D eigenvalue weighted by Gasteiger charge is -2.33. The van der Waals surface area contributed by atoms with Crippen molar-refractivity contribution < 1.29 is 19.0 Å². The molecule has 6 heteroatoms. The zero-order chi connectivity index (χ0) is 16.8. The summed E-state index contributed by atoms with van der Waals surface area (Å²) >= 11 is 0. The van der Waals surface area contributed by atoms with Crippen molar-refractivity contribution in [2.45, 2.75) is 31.4 Å². The molecular formula is C18H26N2O4. The normalized spacial score (nSPS) is 22.2. The van der Waals surface area contributed by atoms with E-state index in [9.17, 15) is 4.79 Å². The van der Waals surface area contributed by atoms with Crippen LogP contribution in [0.4, 0.5) is 0 Å². The minimum absolute atomic E-state index is 0.126. The van der Waals surface area contributed by atoms with Crippen LogP contribution in [0.5, 0.6) is 11.5 Å². The van der Waals surface area contributed by atoms with Crippen LogP contribution in [-0.2, 0) is 9.53 Å². The summed E-state index contributed by atoms with van der Waals surface area (Å²) < 4.78 is 16.8. The van der Waals surface area contributed by atoms with Gasteiger partial charge >= 0.3 is 0 Å². The molecule has 2 saturated heterocycles. The Morgan fingerprint density at radius 2 is 2.04 bits per heavy atom. The van der Waals surface area contributed by atoms with Crippen molar-refractivity contribution in [3.05, 3.63) is 24.3 Å². The molecule has 0 spiro atoms. The Labute approximate surface area is 143 Å². The molecule has 1 aromatic carbocycles. The Kier molecular flexibility index (Phi) is 5.93. The SMILES string of the molecule is COc1ccccc1OC1CCN(C(=O)C[C@H]2COCCN2)CC1.